The molecular formula is C44H42N4O8. The van der Waals surface area contributed by atoms with Gasteiger partial charge in [-0.15, -0.1) is 0 Å². The number of carbonyl (C=O) groups is 8. The van der Waals surface area contributed by atoms with Crippen molar-refractivity contribution in [2.75, 3.05) is 13.1 Å². The zero-order valence-electron chi connectivity index (χ0n) is 32.1. The van der Waals surface area contributed by atoms with E-state index in [-0.39, 0.29) is 53.3 Å². The monoisotopic (exact) mass is 754 g/mol. The summed E-state index contributed by atoms with van der Waals surface area (Å²) in [5, 5.41) is 1.33. The maximum Gasteiger partial charge on any atom is 0.261 e. The molecule has 0 aliphatic carbocycles. The summed E-state index contributed by atoms with van der Waals surface area (Å²) in [6, 6.07) is 12.0. The Morgan fingerprint density at radius 3 is 0.964 bits per heavy atom. The summed E-state index contributed by atoms with van der Waals surface area (Å²) in [6.07, 6.45) is 3.28. The second kappa shape index (κ2) is 13.6. The van der Waals surface area contributed by atoms with E-state index >= 15 is 0 Å². The van der Waals surface area contributed by atoms with Gasteiger partial charge in [0, 0.05) is 91.2 Å². The van der Waals surface area contributed by atoms with Crippen LogP contribution in [0.3, 0.4) is 0 Å². The normalized spacial score (nSPS) is 16.9. The van der Waals surface area contributed by atoms with E-state index in [1.807, 2.05) is 34.6 Å². The highest BCUT2D eigenvalue weighted by Gasteiger charge is 2.43. The highest BCUT2D eigenvalue weighted by atomic mass is 16.2. The van der Waals surface area contributed by atoms with E-state index in [0.717, 1.165) is 0 Å². The van der Waals surface area contributed by atoms with Gasteiger partial charge >= 0.3 is 0 Å². The third-order valence-corrected chi connectivity index (χ3v) is 12.2. The molecule has 56 heavy (non-hydrogen) atoms. The maximum absolute atomic E-state index is 13.9. The van der Waals surface area contributed by atoms with Crippen molar-refractivity contribution in [1.29, 1.82) is 0 Å². The van der Waals surface area contributed by atoms with Gasteiger partial charge in [-0.3, -0.25) is 58.0 Å². The summed E-state index contributed by atoms with van der Waals surface area (Å²) in [6.45, 7) is 9.73. The lowest BCUT2D eigenvalue weighted by Gasteiger charge is -2.35. The van der Waals surface area contributed by atoms with E-state index in [9.17, 15) is 38.4 Å². The van der Waals surface area contributed by atoms with Crippen molar-refractivity contribution in [2.45, 2.75) is 85.2 Å². The van der Waals surface area contributed by atoms with Gasteiger partial charge in [-0.05, 0) is 93.0 Å². The summed E-state index contributed by atoms with van der Waals surface area (Å²) in [5.74, 6) is -3.99. The molecule has 0 spiro atoms. The Balaban J connectivity index is 0.985. The molecule has 4 aliphatic heterocycles. The van der Waals surface area contributed by atoms with Gasteiger partial charge in [0.05, 0.1) is 0 Å². The molecule has 4 aliphatic rings. The number of imide groups is 4. The van der Waals surface area contributed by atoms with E-state index in [1.165, 1.54) is 19.6 Å². The SMILES string of the molecule is CCC(CC)N1C(=O)c2ccc3c4c(ccc(c24)C1=O)C(=O)N(CCCC(C)CN1C(=O)c2ccc4c5c(ccc(c25)C1=O)C(=O)N(C(CC)CC)C4=O)C3=O. The quantitative estimate of drug-likeness (QED) is 0.142. The van der Waals surface area contributed by atoms with Gasteiger partial charge in [-0.1, -0.05) is 34.6 Å². The minimum absolute atomic E-state index is 0.0774. The predicted octanol–water partition coefficient (Wildman–Crippen LogP) is 6.87. The molecule has 0 saturated carbocycles. The van der Waals surface area contributed by atoms with Crippen LogP contribution in [0.5, 0.6) is 0 Å². The molecule has 286 valence electrons. The molecule has 4 heterocycles. The van der Waals surface area contributed by atoms with Crippen molar-refractivity contribution < 1.29 is 38.4 Å². The zero-order valence-corrected chi connectivity index (χ0v) is 32.1. The standard InChI is InChI=1S/C44H42N4O8/c1-6-23(7-2)47-41(53)29-16-12-25-33-26(13-17-30(35(29)33)42(47)54)38(50)45(37(25)49)20-10-11-22(5)21-46-39(51)27-14-18-31-36-32(19-15-28(34(27)36)40(46)52)44(56)48(43(31)55)24(8-3)9-4/h12-19,22-24H,6-11,20-21H2,1-5H3. The van der Waals surface area contributed by atoms with E-state index in [0.29, 0.717) is 82.3 Å². The van der Waals surface area contributed by atoms with Crippen molar-refractivity contribution in [1.82, 2.24) is 19.6 Å². The van der Waals surface area contributed by atoms with Crippen LogP contribution in [0.1, 0.15) is 156 Å². The van der Waals surface area contributed by atoms with Crippen LogP contribution in [0.15, 0.2) is 48.5 Å². The van der Waals surface area contributed by atoms with Crippen molar-refractivity contribution in [3.05, 3.63) is 93.0 Å². The largest absolute Gasteiger partial charge is 0.274 e. The molecular weight excluding hydrogens is 713 g/mol. The Labute approximate surface area is 323 Å². The highest BCUT2D eigenvalue weighted by Crippen LogP contribution is 2.41. The summed E-state index contributed by atoms with van der Waals surface area (Å²) in [5.41, 5.74) is 2.18. The summed E-state index contributed by atoms with van der Waals surface area (Å²) >= 11 is 0. The molecule has 8 amide bonds. The molecule has 0 saturated heterocycles. The Bertz CT molecular complexity index is 2350. The van der Waals surface area contributed by atoms with Crippen LogP contribution in [0.2, 0.25) is 0 Å². The van der Waals surface area contributed by atoms with Crippen molar-refractivity contribution in [3.8, 4) is 0 Å². The van der Waals surface area contributed by atoms with E-state index in [4.69, 9.17) is 0 Å². The molecule has 1 atom stereocenters. The molecule has 0 N–H and O–H groups in total. The fourth-order valence-electron chi connectivity index (χ4n) is 9.23. The van der Waals surface area contributed by atoms with Gasteiger partial charge in [0.25, 0.3) is 47.3 Å². The third-order valence-electron chi connectivity index (χ3n) is 12.2. The lowest BCUT2D eigenvalue weighted by molar-refractivity contribution is 0.0514. The average Bonchev–Trinajstić information content (AvgIpc) is 3.20. The molecule has 4 aromatic rings. The molecule has 0 radical (unpaired) electrons. The van der Waals surface area contributed by atoms with Crippen LogP contribution < -0.4 is 0 Å². The fourth-order valence-corrected chi connectivity index (χ4v) is 9.23. The van der Waals surface area contributed by atoms with Crippen LogP contribution in [-0.2, 0) is 0 Å². The highest BCUT2D eigenvalue weighted by molar-refractivity contribution is 6.34. The van der Waals surface area contributed by atoms with Gasteiger partial charge in [-0.2, -0.15) is 0 Å². The Morgan fingerprint density at radius 1 is 0.411 bits per heavy atom. The van der Waals surface area contributed by atoms with Crippen LogP contribution in [0.25, 0.3) is 21.5 Å². The van der Waals surface area contributed by atoms with Crippen LogP contribution in [0, 0.1) is 5.92 Å². The lowest BCUT2D eigenvalue weighted by Crippen LogP contribution is -2.47. The first-order chi connectivity index (χ1) is 26.9. The van der Waals surface area contributed by atoms with E-state index in [1.54, 1.807) is 48.5 Å². The van der Waals surface area contributed by atoms with Gasteiger partial charge in [0.1, 0.15) is 0 Å². The van der Waals surface area contributed by atoms with E-state index in [2.05, 4.69) is 0 Å². The molecule has 12 heteroatoms. The van der Waals surface area contributed by atoms with Crippen molar-refractivity contribution in [2.24, 2.45) is 5.92 Å². The number of rotatable bonds is 12. The van der Waals surface area contributed by atoms with E-state index < -0.39 is 47.3 Å². The third kappa shape index (κ3) is 5.10. The molecule has 1 unspecified atom stereocenters. The first-order valence-corrected chi connectivity index (χ1v) is 19.6. The summed E-state index contributed by atoms with van der Waals surface area (Å²) in [7, 11) is 0. The maximum atomic E-state index is 13.9. The van der Waals surface area contributed by atoms with Gasteiger partial charge < -0.3 is 0 Å². The van der Waals surface area contributed by atoms with Gasteiger partial charge in [-0.25, -0.2) is 0 Å². The lowest BCUT2D eigenvalue weighted by atomic mass is 9.85. The molecule has 0 aromatic heterocycles. The molecule has 12 nitrogen and oxygen atoms in total. The Hall–Kier alpha value is -6.04. The van der Waals surface area contributed by atoms with Crippen LogP contribution >= 0.6 is 0 Å². The second-order valence-corrected chi connectivity index (χ2v) is 15.3. The van der Waals surface area contributed by atoms with Crippen LogP contribution in [-0.4, -0.2) is 92.0 Å². The molecule has 8 rings (SSSR count). The number of amides is 8. The number of carbonyl (C=O) groups excluding carboxylic acids is 8. The number of hydrogen-bond donors (Lipinski definition) is 0. The first-order valence-electron chi connectivity index (χ1n) is 19.6. The minimum Gasteiger partial charge on any atom is -0.274 e. The summed E-state index contributed by atoms with van der Waals surface area (Å²) in [4.78, 5) is 115. The predicted molar refractivity (Wildman–Crippen MR) is 207 cm³/mol. The zero-order chi connectivity index (χ0) is 39.9. The van der Waals surface area contributed by atoms with Crippen LogP contribution in [0.4, 0.5) is 0 Å². The molecule has 0 fully saturated rings. The average molecular weight is 755 g/mol. The minimum atomic E-state index is -0.515. The van der Waals surface area contributed by atoms with Gasteiger partial charge in [0.15, 0.2) is 0 Å². The number of benzene rings is 4. The number of nitrogens with zero attached hydrogens (tertiary/aromatic N) is 4. The second-order valence-electron chi connectivity index (χ2n) is 15.3. The topological polar surface area (TPSA) is 150 Å². The molecule has 4 aromatic carbocycles. The van der Waals surface area contributed by atoms with Crippen molar-refractivity contribution >= 4 is 68.8 Å². The number of hydrogen-bond acceptors (Lipinski definition) is 8. The first kappa shape index (κ1) is 36.9. The molecule has 0 bridgehead atoms. The summed E-state index contributed by atoms with van der Waals surface area (Å²) < 4.78 is 0. The van der Waals surface area contributed by atoms with Gasteiger partial charge in [0.2, 0.25) is 0 Å². The van der Waals surface area contributed by atoms with Crippen molar-refractivity contribution in [3.63, 3.8) is 0 Å². The fraction of sp³-hybridized carbons (Fsp3) is 0.364. The Morgan fingerprint density at radius 2 is 0.679 bits per heavy atom. The smallest absolute Gasteiger partial charge is 0.261 e. The Kier molecular flexibility index (Phi) is 8.97.